The molecular weight excluding hydrogens is 280 g/mol. The van der Waals surface area contributed by atoms with Crippen LogP contribution in [0.1, 0.15) is 15.2 Å². The third kappa shape index (κ3) is 3.30. The Labute approximate surface area is 126 Å². The minimum atomic E-state index is -0.0576. The molecule has 3 rings (SSSR count). The summed E-state index contributed by atoms with van der Waals surface area (Å²) in [5.74, 6) is -0.0576. The van der Waals surface area contributed by atoms with Crippen LogP contribution >= 0.6 is 11.3 Å². The van der Waals surface area contributed by atoms with Gasteiger partial charge in [0, 0.05) is 34.6 Å². The topological polar surface area (TPSA) is 42.9 Å². The number of pyridine rings is 1. The number of rotatable bonds is 4. The predicted octanol–water partition coefficient (Wildman–Crippen LogP) is 4.10. The molecular formula is C17H12N2OS. The monoisotopic (exact) mass is 292 g/mol. The molecule has 102 valence electrons. The van der Waals surface area contributed by atoms with E-state index in [1.54, 1.807) is 54.2 Å². The predicted molar refractivity (Wildman–Crippen MR) is 85.2 cm³/mol. The van der Waals surface area contributed by atoms with E-state index in [0.717, 1.165) is 15.4 Å². The molecule has 0 saturated carbocycles. The number of nitrogens with zero attached hydrogens (tertiary/aromatic N) is 2. The maximum absolute atomic E-state index is 12.0. The van der Waals surface area contributed by atoms with Gasteiger partial charge in [-0.1, -0.05) is 30.3 Å². The number of hydrogen-bond acceptors (Lipinski definition) is 4. The van der Waals surface area contributed by atoms with Crippen molar-refractivity contribution in [1.82, 2.24) is 9.97 Å². The lowest BCUT2D eigenvalue weighted by atomic mass is 10.2. The molecule has 1 aromatic carbocycles. The van der Waals surface area contributed by atoms with Crippen LogP contribution in [0.2, 0.25) is 0 Å². The van der Waals surface area contributed by atoms with Crippen LogP contribution in [0, 0.1) is 0 Å². The highest BCUT2D eigenvalue weighted by atomic mass is 32.1. The van der Waals surface area contributed by atoms with Crippen molar-refractivity contribution in [2.45, 2.75) is 0 Å². The zero-order chi connectivity index (χ0) is 14.5. The van der Waals surface area contributed by atoms with Crippen molar-refractivity contribution in [1.29, 1.82) is 0 Å². The second-order valence-corrected chi connectivity index (χ2v) is 5.44. The number of ketones is 1. The third-order valence-corrected chi connectivity index (χ3v) is 3.90. The fourth-order valence-electron chi connectivity index (χ4n) is 1.84. The molecule has 0 N–H and O–H groups in total. The molecule has 3 aromatic rings. The molecule has 0 spiro atoms. The van der Waals surface area contributed by atoms with Gasteiger partial charge in [-0.25, -0.2) is 4.98 Å². The van der Waals surface area contributed by atoms with E-state index in [-0.39, 0.29) is 5.78 Å². The molecule has 0 radical (unpaired) electrons. The Bertz CT molecular complexity index is 764. The minimum Gasteiger partial charge on any atom is -0.289 e. The van der Waals surface area contributed by atoms with Crippen LogP contribution in [0.4, 0.5) is 0 Å². The summed E-state index contributed by atoms with van der Waals surface area (Å²) >= 11 is 1.56. The van der Waals surface area contributed by atoms with Crippen molar-refractivity contribution in [3.63, 3.8) is 0 Å². The van der Waals surface area contributed by atoms with Gasteiger partial charge in [-0.2, -0.15) is 0 Å². The summed E-state index contributed by atoms with van der Waals surface area (Å²) in [6, 6.07) is 13.5. The average Bonchev–Trinajstić information content (AvgIpc) is 3.03. The van der Waals surface area contributed by atoms with E-state index in [1.807, 2.05) is 30.3 Å². The lowest BCUT2D eigenvalue weighted by molar-refractivity contribution is 0.104. The number of thiazole rings is 1. The Morgan fingerprint density at radius 1 is 1.05 bits per heavy atom. The van der Waals surface area contributed by atoms with Crippen molar-refractivity contribution < 1.29 is 4.79 Å². The van der Waals surface area contributed by atoms with Gasteiger partial charge < -0.3 is 0 Å². The summed E-state index contributed by atoms with van der Waals surface area (Å²) < 4.78 is 0. The van der Waals surface area contributed by atoms with Crippen molar-refractivity contribution in [3.05, 3.63) is 77.6 Å². The molecule has 4 heteroatoms. The number of carbonyl (C=O) groups excluding carboxylic acids is 1. The molecule has 0 unspecified atom stereocenters. The minimum absolute atomic E-state index is 0.0576. The standard InChI is InChI=1S/C17H12N2OS/c20-16(14-7-4-10-18-11-14)9-8-15-12-19-17(21-15)13-5-2-1-3-6-13/h1-12H/b9-8+. The van der Waals surface area contributed by atoms with Gasteiger partial charge in [0.25, 0.3) is 0 Å². The molecule has 2 heterocycles. The second kappa shape index (κ2) is 6.24. The van der Waals surface area contributed by atoms with Crippen molar-refractivity contribution in [2.75, 3.05) is 0 Å². The highest BCUT2D eigenvalue weighted by molar-refractivity contribution is 7.15. The van der Waals surface area contributed by atoms with Crippen LogP contribution in [0.5, 0.6) is 0 Å². The second-order valence-electron chi connectivity index (χ2n) is 4.37. The number of carbonyl (C=O) groups is 1. The lowest BCUT2D eigenvalue weighted by Gasteiger charge is -1.93. The summed E-state index contributed by atoms with van der Waals surface area (Å²) in [6.07, 6.45) is 8.34. The molecule has 0 aliphatic heterocycles. The van der Waals surface area contributed by atoms with Crippen molar-refractivity contribution >= 4 is 23.2 Å². The van der Waals surface area contributed by atoms with E-state index in [0.29, 0.717) is 5.56 Å². The number of hydrogen-bond donors (Lipinski definition) is 0. The van der Waals surface area contributed by atoms with Gasteiger partial charge in [-0.3, -0.25) is 9.78 Å². The molecule has 0 aliphatic carbocycles. The molecule has 0 atom stereocenters. The van der Waals surface area contributed by atoms with Gasteiger partial charge in [0.2, 0.25) is 0 Å². The SMILES string of the molecule is O=C(/C=C/c1cnc(-c2ccccc2)s1)c1cccnc1. The van der Waals surface area contributed by atoms with Crippen LogP contribution in [0.25, 0.3) is 16.6 Å². The summed E-state index contributed by atoms with van der Waals surface area (Å²) in [4.78, 5) is 21.2. The first-order chi connectivity index (χ1) is 10.3. The summed E-state index contributed by atoms with van der Waals surface area (Å²) in [7, 11) is 0. The van der Waals surface area contributed by atoms with E-state index in [9.17, 15) is 4.79 Å². The van der Waals surface area contributed by atoms with Gasteiger partial charge in [0.1, 0.15) is 5.01 Å². The Kier molecular flexibility index (Phi) is 3.98. The van der Waals surface area contributed by atoms with Gasteiger partial charge in [0.15, 0.2) is 5.78 Å². The Balaban J connectivity index is 1.76. The first-order valence-electron chi connectivity index (χ1n) is 6.46. The number of aromatic nitrogens is 2. The van der Waals surface area contributed by atoms with Crippen LogP contribution in [0.3, 0.4) is 0 Å². The average molecular weight is 292 g/mol. The highest BCUT2D eigenvalue weighted by Gasteiger charge is 2.04. The molecule has 0 aliphatic rings. The molecule has 0 amide bonds. The lowest BCUT2D eigenvalue weighted by Crippen LogP contribution is -1.93. The van der Waals surface area contributed by atoms with Crippen molar-refractivity contribution in [2.24, 2.45) is 0 Å². The molecule has 0 fully saturated rings. The smallest absolute Gasteiger partial charge is 0.187 e. The zero-order valence-corrected chi connectivity index (χ0v) is 12.0. The summed E-state index contributed by atoms with van der Waals surface area (Å²) in [5, 5.41) is 0.948. The van der Waals surface area contributed by atoms with Gasteiger partial charge in [-0.15, -0.1) is 11.3 Å². The quantitative estimate of drug-likeness (QED) is 0.537. The first kappa shape index (κ1) is 13.4. The third-order valence-electron chi connectivity index (χ3n) is 2.89. The summed E-state index contributed by atoms with van der Waals surface area (Å²) in [5.41, 5.74) is 1.67. The fourth-order valence-corrected chi connectivity index (χ4v) is 2.66. The van der Waals surface area contributed by atoms with E-state index in [1.165, 1.54) is 0 Å². The van der Waals surface area contributed by atoms with Crippen molar-refractivity contribution in [3.8, 4) is 10.6 Å². The molecule has 2 aromatic heterocycles. The van der Waals surface area contributed by atoms with Crippen LogP contribution in [-0.2, 0) is 0 Å². The molecule has 0 bridgehead atoms. The molecule has 3 nitrogen and oxygen atoms in total. The van der Waals surface area contributed by atoms with Crippen LogP contribution < -0.4 is 0 Å². The van der Waals surface area contributed by atoms with Gasteiger partial charge >= 0.3 is 0 Å². The van der Waals surface area contributed by atoms with E-state index in [4.69, 9.17) is 0 Å². The first-order valence-corrected chi connectivity index (χ1v) is 7.28. The molecule has 0 saturated heterocycles. The fraction of sp³-hybridized carbons (Fsp3) is 0. The molecule has 21 heavy (non-hydrogen) atoms. The zero-order valence-electron chi connectivity index (χ0n) is 11.1. The maximum Gasteiger partial charge on any atom is 0.187 e. The van der Waals surface area contributed by atoms with Crippen LogP contribution in [-0.4, -0.2) is 15.8 Å². The van der Waals surface area contributed by atoms with E-state index >= 15 is 0 Å². The van der Waals surface area contributed by atoms with E-state index < -0.39 is 0 Å². The summed E-state index contributed by atoms with van der Waals surface area (Å²) in [6.45, 7) is 0. The van der Waals surface area contributed by atoms with Gasteiger partial charge in [-0.05, 0) is 24.3 Å². The number of benzene rings is 1. The van der Waals surface area contributed by atoms with Crippen LogP contribution in [0.15, 0.2) is 67.1 Å². The maximum atomic E-state index is 12.0. The Morgan fingerprint density at radius 3 is 2.67 bits per heavy atom. The Morgan fingerprint density at radius 2 is 1.90 bits per heavy atom. The highest BCUT2D eigenvalue weighted by Crippen LogP contribution is 2.25. The number of allylic oxidation sites excluding steroid dienone is 1. The van der Waals surface area contributed by atoms with E-state index in [2.05, 4.69) is 9.97 Å². The van der Waals surface area contributed by atoms with Gasteiger partial charge in [0.05, 0.1) is 0 Å². The normalized spacial score (nSPS) is 10.9. The Hall–Kier alpha value is -2.59. The largest absolute Gasteiger partial charge is 0.289 e.